The van der Waals surface area contributed by atoms with Gasteiger partial charge in [0.2, 0.25) is 11.8 Å². The number of amides is 2. The van der Waals surface area contributed by atoms with Crippen molar-refractivity contribution in [3.05, 3.63) is 29.8 Å². The molecule has 1 heterocycles. The van der Waals surface area contributed by atoms with Gasteiger partial charge < -0.3 is 15.3 Å². The van der Waals surface area contributed by atoms with Gasteiger partial charge in [-0.05, 0) is 38.0 Å². The van der Waals surface area contributed by atoms with Crippen LogP contribution in [0.15, 0.2) is 24.3 Å². The van der Waals surface area contributed by atoms with E-state index in [1.54, 1.807) is 38.1 Å². The van der Waals surface area contributed by atoms with Crippen LogP contribution in [0.2, 0.25) is 0 Å². The van der Waals surface area contributed by atoms with Crippen LogP contribution >= 0.6 is 0 Å². The zero-order chi connectivity index (χ0) is 16.3. The van der Waals surface area contributed by atoms with E-state index in [9.17, 15) is 19.5 Å². The smallest absolute Gasteiger partial charge is 0.313 e. The summed E-state index contributed by atoms with van der Waals surface area (Å²) in [6, 6.07) is 6.71. The highest BCUT2D eigenvalue weighted by atomic mass is 16.4. The first-order valence-corrected chi connectivity index (χ1v) is 7.22. The van der Waals surface area contributed by atoms with Crippen molar-refractivity contribution >= 4 is 23.5 Å². The number of hydrogen-bond donors (Lipinski definition) is 2. The van der Waals surface area contributed by atoms with Gasteiger partial charge in [-0.25, -0.2) is 0 Å². The number of carbonyl (C=O) groups is 3. The van der Waals surface area contributed by atoms with Gasteiger partial charge in [0.25, 0.3) is 0 Å². The number of nitrogens with one attached hydrogen (secondary N) is 1. The molecule has 0 atom stereocenters. The highest BCUT2D eigenvalue weighted by Crippen LogP contribution is 2.24. The van der Waals surface area contributed by atoms with Crippen molar-refractivity contribution in [3.8, 4) is 0 Å². The highest BCUT2D eigenvalue weighted by molar-refractivity contribution is 5.95. The maximum Gasteiger partial charge on any atom is 0.313 e. The Hall–Kier alpha value is -2.37. The lowest BCUT2D eigenvalue weighted by Gasteiger charge is -2.20. The number of anilines is 1. The number of hydrogen-bond acceptors (Lipinski definition) is 3. The molecule has 1 aliphatic heterocycles. The molecule has 0 radical (unpaired) electrons. The third kappa shape index (κ3) is 3.44. The van der Waals surface area contributed by atoms with Crippen molar-refractivity contribution in [1.82, 2.24) is 4.90 Å². The molecule has 118 valence electrons. The highest BCUT2D eigenvalue weighted by Gasteiger charge is 2.29. The molecule has 0 spiro atoms. The van der Waals surface area contributed by atoms with E-state index in [-0.39, 0.29) is 18.4 Å². The monoisotopic (exact) mass is 304 g/mol. The van der Waals surface area contributed by atoms with Crippen LogP contribution in [-0.4, -0.2) is 40.9 Å². The van der Waals surface area contributed by atoms with Gasteiger partial charge in [-0.1, -0.05) is 12.1 Å². The minimum absolute atomic E-state index is 0.00806. The van der Waals surface area contributed by atoms with Crippen molar-refractivity contribution < 1.29 is 19.5 Å². The molecule has 2 rings (SSSR count). The lowest BCUT2D eigenvalue weighted by molar-refractivity contribution is -0.142. The molecule has 0 unspecified atom stereocenters. The summed E-state index contributed by atoms with van der Waals surface area (Å²) in [5, 5.41) is 11.9. The van der Waals surface area contributed by atoms with Crippen LogP contribution in [0, 0.1) is 0 Å². The molecule has 1 saturated heterocycles. The Labute approximate surface area is 129 Å². The predicted molar refractivity (Wildman–Crippen MR) is 81.5 cm³/mol. The molecule has 0 aromatic heterocycles. The second-order valence-electron chi connectivity index (χ2n) is 5.97. The number of likely N-dealkylation sites (tertiary alicyclic amines) is 1. The second-order valence-corrected chi connectivity index (χ2v) is 5.97. The minimum Gasteiger partial charge on any atom is -0.481 e. The van der Waals surface area contributed by atoms with Gasteiger partial charge in [0, 0.05) is 18.7 Å². The summed E-state index contributed by atoms with van der Waals surface area (Å²) in [5.74, 6) is -1.15. The fourth-order valence-corrected chi connectivity index (χ4v) is 2.34. The SMILES string of the molecule is CC(C)(C(=O)O)c1ccc(NC(=O)CN2CCCC2=O)cc1. The molecular formula is C16H20N2O4. The van der Waals surface area contributed by atoms with Crippen molar-refractivity contribution in [3.63, 3.8) is 0 Å². The third-order valence-electron chi connectivity index (χ3n) is 3.93. The molecule has 0 aliphatic carbocycles. The summed E-state index contributed by atoms with van der Waals surface area (Å²) in [7, 11) is 0. The lowest BCUT2D eigenvalue weighted by Crippen LogP contribution is -2.34. The molecule has 1 aliphatic rings. The zero-order valence-corrected chi connectivity index (χ0v) is 12.8. The van der Waals surface area contributed by atoms with Crippen LogP contribution in [0.25, 0.3) is 0 Å². The van der Waals surface area contributed by atoms with Crippen LogP contribution in [0.1, 0.15) is 32.3 Å². The Morgan fingerprint density at radius 2 is 1.91 bits per heavy atom. The van der Waals surface area contributed by atoms with Crippen LogP contribution in [0.4, 0.5) is 5.69 Å². The third-order valence-corrected chi connectivity index (χ3v) is 3.93. The molecule has 6 heteroatoms. The fraction of sp³-hybridized carbons (Fsp3) is 0.438. The normalized spacial score (nSPS) is 15.0. The van der Waals surface area contributed by atoms with Crippen molar-refractivity contribution in [1.29, 1.82) is 0 Å². The van der Waals surface area contributed by atoms with E-state index >= 15 is 0 Å². The molecule has 0 bridgehead atoms. The first kappa shape index (κ1) is 16.0. The fourth-order valence-electron chi connectivity index (χ4n) is 2.34. The summed E-state index contributed by atoms with van der Waals surface area (Å²) >= 11 is 0. The summed E-state index contributed by atoms with van der Waals surface area (Å²) in [5.41, 5.74) is 0.263. The molecule has 1 aromatic rings. The Morgan fingerprint density at radius 1 is 1.27 bits per heavy atom. The minimum atomic E-state index is -0.982. The van der Waals surface area contributed by atoms with Crippen LogP contribution < -0.4 is 5.32 Å². The maximum atomic E-state index is 11.9. The van der Waals surface area contributed by atoms with E-state index in [2.05, 4.69) is 5.32 Å². The quantitative estimate of drug-likeness (QED) is 0.865. The zero-order valence-electron chi connectivity index (χ0n) is 12.8. The van der Waals surface area contributed by atoms with E-state index in [1.807, 2.05) is 0 Å². The Bertz CT molecular complexity index is 593. The number of aliphatic carboxylic acids is 1. The largest absolute Gasteiger partial charge is 0.481 e. The Kier molecular flexibility index (Phi) is 4.49. The molecule has 6 nitrogen and oxygen atoms in total. The van der Waals surface area contributed by atoms with Crippen molar-refractivity contribution in [2.45, 2.75) is 32.1 Å². The average Bonchev–Trinajstić information content (AvgIpc) is 2.84. The van der Waals surface area contributed by atoms with E-state index < -0.39 is 11.4 Å². The number of carboxylic acid groups (broad SMARTS) is 1. The summed E-state index contributed by atoms with van der Waals surface area (Å²) in [6.07, 6.45) is 1.30. The topological polar surface area (TPSA) is 86.7 Å². The van der Waals surface area contributed by atoms with E-state index in [1.165, 1.54) is 4.90 Å². The number of carbonyl (C=O) groups excluding carboxylic acids is 2. The van der Waals surface area contributed by atoms with Gasteiger partial charge in [-0.3, -0.25) is 14.4 Å². The molecular weight excluding hydrogens is 284 g/mol. The van der Waals surface area contributed by atoms with E-state index in [4.69, 9.17) is 0 Å². The van der Waals surface area contributed by atoms with Crippen LogP contribution in [-0.2, 0) is 19.8 Å². The van der Waals surface area contributed by atoms with Crippen LogP contribution in [0.3, 0.4) is 0 Å². The first-order valence-electron chi connectivity index (χ1n) is 7.22. The molecule has 22 heavy (non-hydrogen) atoms. The molecule has 0 saturated carbocycles. The summed E-state index contributed by atoms with van der Waals surface area (Å²) in [4.78, 5) is 36.1. The molecule has 2 N–H and O–H groups in total. The van der Waals surface area contributed by atoms with Crippen molar-refractivity contribution in [2.75, 3.05) is 18.4 Å². The van der Waals surface area contributed by atoms with Gasteiger partial charge in [0.15, 0.2) is 0 Å². The van der Waals surface area contributed by atoms with Crippen molar-refractivity contribution in [2.24, 2.45) is 0 Å². The summed E-state index contributed by atoms with van der Waals surface area (Å²) in [6.45, 7) is 3.93. The number of nitrogens with zero attached hydrogens (tertiary/aromatic N) is 1. The molecule has 1 fully saturated rings. The molecule has 1 aromatic carbocycles. The Balaban J connectivity index is 1.98. The van der Waals surface area contributed by atoms with Gasteiger partial charge in [0.05, 0.1) is 12.0 Å². The standard InChI is InChI=1S/C16H20N2O4/c1-16(2,15(21)22)11-5-7-12(8-6-11)17-13(19)10-18-9-3-4-14(18)20/h5-8H,3-4,9-10H2,1-2H3,(H,17,19)(H,21,22). The van der Waals surface area contributed by atoms with Gasteiger partial charge >= 0.3 is 5.97 Å². The summed E-state index contributed by atoms with van der Waals surface area (Å²) < 4.78 is 0. The van der Waals surface area contributed by atoms with E-state index in [0.717, 1.165) is 6.42 Å². The predicted octanol–water partition coefficient (Wildman–Crippen LogP) is 1.61. The second kappa shape index (κ2) is 6.17. The molecule has 2 amide bonds. The van der Waals surface area contributed by atoms with Crippen LogP contribution in [0.5, 0.6) is 0 Å². The maximum absolute atomic E-state index is 11.9. The average molecular weight is 304 g/mol. The number of benzene rings is 1. The van der Waals surface area contributed by atoms with Gasteiger partial charge in [0.1, 0.15) is 0 Å². The number of rotatable bonds is 5. The van der Waals surface area contributed by atoms with E-state index in [0.29, 0.717) is 24.2 Å². The first-order chi connectivity index (χ1) is 10.3. The van der Waals surface area contributed by atoms with Gasteiger partial charge in [-0.2, -0.15) is 0 Å². The van der Waals surface area contributed by atoms with Gasteiger partial charge in [-0.15, -0.1) is 0 Å². The number of carboxylic acids is 1. The Morgan fingerprint density at radius 3 is 2.41 bits per heavy atom. The lowest BCUT2D eigenvalue weighted by atomic mass is 9.85.